The maximum absolute atomic E-state index is 13.2. The van der Waals surface area contributed by atoms with Crippen LogP contribution in [0.5, 0.6) is 0 Å². The predicted octanol–water partition coefficient (Wildman–Crippen LogP) is 3.17. The number of aryl methyl sites for hydroxylation is 1. The number of halogens is 1. The average molecular weight is 338 g/mol. The Morgan fingerprint density at radius 2 is 1.92 bits per heavy atom. The molecule has 1 amide bonds. The molecule has 5 nitrogen and oxygen atoms in total. The number of carbonyl (C=O) groups excluding carboxylic acids is 1. The molecule has 6 heteroatoms. The lowest BCUT2D eigenvalue weighted by atomic mass is 10.2. The second-order valence-corrected chi connectivity index (χ2v) is 5.55. The van der Waals surface area contributed by atoms with Gasteiger partial charge in [0.1, 0.15) is 17.5 Å². The van der Waals surface area contributed by atoms with Gasteiger partial charge < -0.3 is 10.6 Å². The van der Waals surface area contributed by atoms with Gasteiger partial charge in [0.15, 0.2) is 0 Å². The molecule has 128 valence electrons. The fourth-order valence-electron chi connectivity index (χ4n) is 2.51. The van der Waals surface area contributed by atoms with Gasteiger partial charge in [-0.15, -0.1) is 0 Å². The Morgan fingerprint density at radius 3 is 2.72 bits per heavy atom. The maximum Gasteiger partial charge on any atom is 0.251 e. The third-order valence-corrected chi connectivity index (χ3v) is 3.76. The van der Waals surface area contributed by atoms with Gasteiger partial charge in [-0.3, -0.25) is 4.79 Å². The molecule has 0 radical (unpaired) electrons. The van der Waals surface area contributed by atoms with Crippen LogP contribution in [-0.4, -0.2) is 29.0 Å². The number of para-hydroxylation sites is 1. The lowest BCUT2D eigenvalue weighted by Crippen LogP contribution is -2.29. The molecule has 0 fully saturated rings. The largest absolute Gasteiger partial charge is 0.368 e. The summed E-state index contributed by atoms with van der Waals surface area (Å²) < 4.78 is 13.2. The number of amides is 1. The Hall–Kier alpha value is -3.02. The molecule has 2 N–H and O–H groups in total. The van der Waals surface area contributed by atoms with Gasteiger partial charge >= 0.3 is 0 Å². The van der Waals surface area contributed by atoms with Crippen LogP contribution < -0.4 is 10.6 Å². The van der Waals surface area contributed by atoms with Crippen LogP contribution in [0.4, 0.5) is 10.2 Å². The van der Waals surface area contributed by atoms with Gasteiger partial charge in [-0.2, -0.15) is 0 Å². The predicted molar refractivity (Wildman–Crippen MR) is 96.1 cm³/mol. The third-order valence-electron chi connectivity index (χ3n) is 3.76. The molecule has 0 aliphatic carbocycles. The molecular formula is C19H19FN4O. The van der Waals surface area contributed by atoms with Crippen molar-refractivity contribution in [1.29, 1.82) is 0 Å². The normalized spacial score (nSPS) is 10.6. The topological polar surface area (TPSA) is 66.9 Å². The molecule has 2 aromatic carbocycles. The summed E-state index contributed by atoms with van der Waals surface area (Å²) in [5.41, 5.74) is 1.20. The van der Waals surface area contributed by atoms with E-state index >= 15 is 0 Å². The van der Waals surface area contributed by atoms with Crippen LogP contribution in [0.2, 0.25) is 0 Å². The van der Waals surface area contributed by atoms with E-state index in [0.717, 1.165) is 29.0 Å². The standard InChI is InChI=1S/C19H19FN4O/c1-2-17-23-16-9-4-3-8-15(16)18(24-17)21-10-11-22-19(25)13-6-5-7-14(20)12-13/h3-9,12H,2,10-11H2,1H3,(H,22,25)(H,21,23,24). The average Bonchev–Trinajstić information content (AvgIpc) is 2.64. The number of carbonyl (C=O) groups is 1. The number of nitrogens with one attached hydrogen (secondary N) is 2. The van der Waals surface area contributed by atoms with Crippen LogP contribution in [-0.2, 0) is 6.42 Å². The van der Waals surface area contributed by atoms with Gasteiger partial charge in [-0.25, -0.2) is 14.4 Å². The van der Waals surface area contributed by atoms with Crippen molar-refractivity contribution in [2.75, 3.05) is 18.4 Å². The highest BCUT2D eigenvalue weighted by Gasteiger charge is 2.08. The summed E-state index contributed by atoms with van der Waals surface area (Å²) in [6, 6.07) is 13.4. The molecule has 0 saturated carbocycles. The van der Waals surface area contributed by atoms with Crippen LogP contribution in [0, 0.1) is 5.82 Å². The fourth-order valence-corrected chi connectivity index (χ4v) is 2.51. The van der Waals surface area contributed by atoms with Gasteiger partial charge in [0.2, 0.25) is 0 Å². The minimum atomic E-state index is -0.426. The molecule has 25 heavy (non-hydrogen) atoms. The smallest absolute Gasteiger partial charge is 0.251 e. The lowest BCUT2D eigenvalue weighted by Gasteiger charge is -2.11. The van der Waals surface area contributed by atoms with Gasteiger partial charge in [-0.05, 0) is 30.3 Å². The van der Waals surface area contributed by atoms with Crippen LogP contribution in [0.1, 0.15) is 23.1 Å². The van der Waals surface area contributed by atoms with Gasteiger partial charge in [-0.1, -0.05) is 25.1 Å². The molecule has 3 aromatic rings. The highest BCUT2D eigenvalue weighted by atomic mass is 19.1. The molecule has 1 aromatic heterocycles. The Kier molecular flexibility index (Phi) is 5.18. The monoisotopic (exact) mass is 338 g/mol. The zero-order valence-corrected chi connectivity index (χ0v) is 13.9. The first-order valence-corrected chi connectivity index (χ1v) is 8.20. The number of nitrogens with zero attached hydrogens (tertiary/aromatic N) is 2. The van der Waals surface area contributed by atoms with Crippen molar-refractivity contribution in [3.05, 3.63) is 65.7 Å². The van der Waals surface area contributed by atoms with Crippen molar-refractivity contribution in [2.45, 2.75) is 13.3 Å². The summed E-state index contributed by atoms with van der Waals surface area (Å²) in [6.45, 7) is 2.91. The molecule has 0 unspecified atom stereocenters. The number of fused-ring (bicyclic) bond motifs is 1. The van der Waals surface area contributed by atoms with Crippen molar-refractivity contribution in [3.63, 3.8) is 0 Å². The Balaban J connectivity index is 1.62. The molecule has 0 bridgehead atoms. The van der Waals surface area contributed by atoms with E-state index in [4.69, 9.17) is 0 Å². The number of aromatic nitrogens is 2. The summed E-state index contributed by atoms with van der Waals surface area (Å²) in [4.78, 5) is 21.0. The van der Waals surface area contributed by atoms with E-state index in [1.54, 1.807) is 6.07 Å². The molecule has 0 spiro atoms. The Bertz CT molecular complexity index is 897. The summed E-state index contributed by atoms with van der Waals surface area (Å²) in [6.07, 6.45) is 0.746. The van der Waals surface area contributed by atoms with Crippen LogP contribution in [0.3, 0.4) is 0 Å². The molecule has 1 heterocycles. The van der Waals surface area contributed by atoms with Gasteiger partial charge in [0.05, 0.1) is 5.52 Å². The molecule has 0 aliphatic heterocycles. The van der Waals surface area contributed by atoms with Gasteiger partial charge in [0.25, 0.3) is 5.91 Å². The molecule has 0 aliphatic rings. The summed E-state index contributed by atoms with van der Waals surface area (Å²) in [5.74, 6) is 0.792. The summed E-state index contributed by atoms with van der Waals surface area (Å²) >= 11 is 0. The molecule has 0 saturated heterocycles. The second kappa shape index (κ2) is 7.70. The number of hydrogen-bond donors (Lipinski definition) is 2. The number of anilines is 1. The van der Waals surface area contributed by atoms with Crippen LogP contribution >= 0.6 is 0 Å². The minimum Gasteiger partial charge on any atom is -0.368 e. The first-order chi connectivity index (χ1) is 12.2. The number of hydrogen-bond acceptors (Lipinski definition) is 4. The molecule has 3 rings (SSSR count). The van der Waals surface area contributed by atoms with Crippen molar-refractivity contribution < 1.29 is 9.18 Å². The highest BCUT2D eigenvalue weighted by molar-refractivity contribution is 5.94. The van der Waals surface area contributed by atoms with Crippen molar-refractivity contribution in [1.82, 2.24) is 15.3 Å². The number of rotatable bonds is 6. The minimum absolute atomic E-state index is 0.303. The van der Waals surface area contributed by atoms with E-state index in [1.807, 2.05) is 31.2 Å². The first-order valence-electron chi connectivity index (χ1n) is 8.20. The van der Waals surface area contributed by atoms with E-state index in [-0.39, 0.29) is 5.91 Å². The Morgan fingerprint density at radius 1 is 1.08 bits per heavy atom. The second-order valence-electron chi connectivity index (χ2n) is 5.55. The lowest BCUT2D eigenvalue weighted by molar-refractivity contribution is 0.0954. The zero-order valence-electron chi connectivity index (χ0n) is 13.9. The molecule has 0 atom stereocenters. The maximum atomic E-state index is 13.2. The fraction of sp³-hybridized carbons (Fsp3) is 0.211. The van der Waals surface area contributed by atoms with Crippen molar-refractivity contribution >= 4 is 22.6 Å². The summed E-state index contributed by atoms with van der Waals surface area (Å²) in [7, 11) is 0. The first kappa shape index (κ1) is 16.8. The number of benzene rings is 2. The van der Waals surface area contributed by atoms with Crippen LogP contribution in [0.15, 0.2) is 48.5 Å². The van der Waals surface area contributed by atoms with E-state index in [1.165, 1.54) is 18.2 Å². The van der Waals surface area contributed by atoms with E-state index in [2.05, 4.69) is 20.6 Å². The Labute approximate surface area is 145 Å². The molecular weight excluding hydrogens is 319 g/mol. The van der Waals surface area contributed by atoms with Gasteiger partial charge in [0, 0.05) is 30.5 Å². The van der Waals surface area contributed by atoms with Crippen molar-refractivity contribution in [2.24, 2.45) is 0 Å². The van der Waals surface area contributed by atoms with Crippen molar-refractivity contribution in [3.8, 4) is 0 Å². The summed E-state index contributed by atoms with van der Waals surface area (Å²) in [5, 5.41) is 6.94. The SMILES string of the molecule is CCc1nc(NCCNC(=O)c2cccc(F)c2)c2ccccc2n1. The third kappa shape index (κ3) is 4.09. The van der Waals surface area contributed by atoms with E-state index < -0.39 is 5.82 Å². The van der Waals surface area contributed by atoms with Crippen LogP contribution in [0.25, 0.3) is 10.9 Å². The van der Waals surface area contributed by atoms with E-state index in [9.17, 15) is 9.18 Å². The zero-order chi connectivity index (χ0) is 17.6. The quantitative estimate of drug-likeness (QED) is 0.678. The highest BCUT2D eigenvalue weighted by Crippen LogP contribution is 2.19. The van der Waals surface area contributed by atoms with E-state index in [0.29, 0.717) is 18.7 Å².